The maximum atomic E-state index is 11.8. The second-order valence-electron chi connectivity index (χ2n) is 4.60. The second-order valence-corrected chi connectivity index (χ2v) is 4.60. The van der Waals surface area contributed by atoms with Gasteiger partial charge in [-0.2, -0.15) is 0 Å². The van der Waals surface area contributed by atoms with Crippen LogP contribution in [0, 0.1) is 0 Å². The average Bonchev–Trinajstić information content (AvgIpc) is 2.90. The molecular weight excluding hydrogens is 254 g/mol. The van der Waals surface area contributed by atoms with Gasteiger partial charge >= 0.3 is 0 Å². The average molecular weight is 273 g/mol. The molecule has 6 nitrogen and oxygen atoms in total. The highest BCUT2D eigenvalue weighted by atomic mass is 16.2. The van der Waals surface area contributed by atoms with Crippen LogP contribution in [0.25, 0.3) is 0 Å². The summed E-state index contributed by atoms with van der Waals surface area (Å²) < 4.78 is 0. The van der Waals surface area contributed by atoms with Gasteiger partial charge in [0, 0.05) is 18.7 Å². The van der Waals surface area contributed by atoms with Gasteiger partial charge in [-0.25, -0.2) is 4.98 Å². The fourth-order valence-electron chi connectivity index (χ4n) is 1.83. The molecule has 1 aromatic carbocycles. The molecule has 0 aliphatic heterocycles. The monoisotopic (exact) mass is 273 g/mol. The van der Waals surface area contributed by atoms with Gasteiger partial charge in [0.05, 0.1) is 0 Å². The van der Waals surface area contributed by atoms with Crippen molar-refractivity contribution in [3.63, 3.8) is 0 Å². The van der Waals surface area contributed by atoms with Gasteiger partial charge in [-0.3, -0.25) is 9.89 Å². The third kappa shape index (κ3) is 3.81. The van der Waals surface area contributed by atoms with Crippen LogP contribution in [0.3, 0.4) is 0 Å². The van der Waals surface area contributed by atoms with Crippen molar-refractivity contribution in [2.75, 3.05) is 12.3 Å². The van der Waals surface area contributed by atoms with E-state index in [-0.39, 0.29) is 11.7 Å². The highest BCUT2D eigenvalue weighted by molar-refractivity contribution is 5.90. The molecule has 0 aliphatic carbocycles. The minimum absolute atomic E-state index is 0.200. The molecule has 2 rings (SSSR count). The van der Waals surface area contributed by atoms with Gasteiger partial charge in [0.2, 0.25) is 5.82 Å². The Morgan fingerprint density at radius 3 is 2.75 bits per heavy atom. The number of aromatic amines is 1. The number of nitrogens with two attached hydrogens (primary N) is 1. The number of rotatable bonds is 6. The summed E-state index contributed by atoms with van der Waals surface area (Å²) in [6.07, 6.45) is 2.51. The predicted molar refractivity (Wildman–Crippen MR) is 77.3 cm³/mol. The molecule has 0 saturated heterocycles. The first kappa shape index (κ1) is 14.0. The molecule has 1 heterocycles. The number of carbonyl (C=O) groups excluding carboxylic acids is 1. The van der Waals surface area contributed by atoms with Crippen LogP contribution in [0.1, 0.15) is 35.4 Å². The highest BCUT2D eigenvalue weighted by Crippen LogP contribution is 2.05. The SMILES string of the molecule is CCCc1nc(C(=O)NCCc2ccc(N)cc2)n[nH]1. The molecule has 1 aromatic heterocycles. The van der Waals surface area contributed by atoms with Crippen LogP contribution in [-0.4, -0.2) is 27.6 Å². The summed E-state index contributed by atoms with van der Waals surface area (Å²) in [5, 5.41) is 9.48. The number of H-pyrrole nitrogens is 1. The zero-order valence-electron chi connectivity index (χ0n) is 11.5. The smallest absolute Gasteiger partial charge is 0.290 e. The lowest BCUT2D eigenvalue weighted by Gasteiger charge is -2.03. The van der Waals surface area contributed by atoms with E-state index in [2.05, 4.69) is 27.4 Å². The largest absolute Gasteiger partial charge is 0.399 e. The number of amides is 1. The molecule has 0 atom stereocenters. The molecule has 0 aliphatic rings. The molecule has 0 spiro atoms. The van der Waals surface area contributed by atoms with Crippen molar-refractivity contribution in [1.29, 1.82) is 0 Å². The molecular formula is C14H19N5O. The second kappa shape index (κ2) is 6.70. The number of hydrogen-bond acceptors (Lipinski definition) is 4. The lowest BCUT2D eigenvalue weighted by Crippen LogP contribution is -2.26. The Morgan fingerprint density at radius 1 is 1.30 bits per heavy atom. The molecule has 0 saturated carbocycles. The summed E-state index contributed by atoms with van der Waals surface area (Å²) in [7, 11) is 0. The maximum absolute atomic E-state index is 11.8. The van der Waals surface area contributed by atoms with Crippen molar-refractivity contribution in [3.8, 4) is 0 Å². The maximum Gasteiger partial charge on any atom is 0.290 e. The number of nitrogen functional groups attached to an aromatic ring is 1. The molecule has 106 valence electrons. The van der Waals surface area contributed by atoms with E-state index in [1.807, 2.05) is 24.3 Å². The van der Waals surface area contributed by atoms with E-state index in [0.29, 0.717) is 6.54 Å². The van der Waals surface area contributed by atoms with E-state index >= 15 is 0 Å². The van der Waals surface area contributed by atoms with E-state index in [0.717, 1.165) is 36.3 Å². The van der Waals surface area contributed by atoms with Crippen LogP contribution >= 0.6 is 0 Å². The Hall–Kier alpha value is -2.37. The van der Waals surface area contributed by atoms with E-state index in [1.54, 1.807) is 0 Å². The number of nitrogens with zero attached hydrogens (tertiary/aromatic N) is 2. The van der Waals surface area contributed by atoms with Crippen LogP contribution in [0.5, 0.6) is 0 Å². The Bertz CT molecular complexity index is 561. The fourth-order valence-corrected chi connectivity index (χ4v) is 1.83. The third-order valence-corrected chi connectivity index (χ3v) is 2.90. The predicted octanol–water partition coefficient (Wildman–Crippen LogP) is 1.31. The molecule has 20 heavy (non-hydrogen) atoms. The minimum atomic E-state index is -0.251. The quantitative estimate of drug-likeness (QED) is 0.691. The van der Waals surface area contributed by atoms with Crippen molar-refractivity contribution in [2.24, 2.45) is 0 Å². The molecule has 0 bridgehead atoms. The van der Waals surface area contributed by atoms with Crippen molar-refractivity contribution < 1.29 is 4.79 Å². The topological polar surface area (TPSA) is 96.7 Å². The van der Waals surface area contributed by atoms with Gasteiger partial charge in [-0.1, -0.05) is 19.1 Å². The number of aromatic nitrogens is 3. The van der Waals surface area contributed by atoms with Gasteiger partial charge < -0.3 is 11.1 Å². The third-order valence-electron chi connectivity index (χ3n) is 2.90. The summed E-state index contributed by atoms with van der Waals surface area (Å²) >= 11 is 0. The fraction of sp³-hybridized carbons (Fsp3) is 0.357. The summed E-state index contributed by atoms with van der Waals surface area (Å²) in [6.45, 7) is 2.59. The summed E-state index contributed by atoms with van der Waals surface area (Å²) in [5.74, 6) is 0.695. The zero-order valence-corrected chi connectivity index (χ0v) is 11.5. The van der Waals surface area contributed by atoms with Gasteiger partial charge in [0.1, 0.15) is 5.82 Å². The van der Waals surface area contributed by atoms with Crippen molar-refractivity contribution in [2.45, 2.75) is 26.2 Å². The standard InChI is InChI=1S/C14H19N5O/c1-2-3-12-17-13(19-18-12)14(20)16-9-8-10-4-6-11(15)7-5-10/h4-7H,2-3,8-9,15H2,1H3,(H,16,20)(H,17,18,19). The number of hydrogen-bond donors (Lipinski definition) is 3. The van der Waals surface area contributed by atoms with Crippen LogP contribution in [-0.2, 0) is 12.8 Å². The first-order chi connectivity index (χ1) is 9.69. The Morgan fingerprint density at radius 2 is 2.05 bits per heavy atom. The molecule has 0 unspecified atom stereocenters. The molecule has 1 amide bonds. The van der Waals surface area contributed by atoms with E-state index < -0.39 is 0 Å². The Kier molecular flexibility index (Phi) is 4.70. The van der Waals surface area contributed by atoms with Crippen LogP contribution in [0.15, 0.2) is 24.3 Å². The molecule has 0 fully saturated rings. The number of benzene rings is 1. The van der Waals surface area contributed by atoms with Gasteiger partial charge in [-0.15, -0.1) is 5.10 Å². The number of aryl methyl sites for hydroxylation is 1. The number of nitrogens with one attached hydrogen (secondary N) is 2. The van der Waals surface area contributed by atoms with Crippen molar-refractivity contribution in [1.82, 2.24) is 20.5 Å². The first-order valence-electron chi connectivity index (χ1n) is 6.73. The van der Waals surface area contributed by atoms with E-state index in [9.17, 15) is 4.79 Å². The van der Waals surface area contributed by atoms with Crippen LogP contribution in [0.4, 0.5) is 5.69 Å². The van der Waals surface area contributed by atoms with Crippen molar-refractivity contribution in [3.05, 3.63) is 41.5 Å². The lowest BCUT2D eigenvalue weighted by atomic mass is 10.1. The summed E-state index contributed by atoms with van der Waals surface area (Å²) in [5.41, 5.74) is 7.48. The molecule has 0 radical (unpaired) electrons. The van der Waals surface area contributed by atoms with Gasteiger partial charge in [0.25, 0.3) is 5.91 Å². The lowest BCUT2D eigenvalue weighted by molar-refractivity contribution is 0.0944. The Labute approximate surface area is 117 Å². The Balaban J connectivity index is 1.81. The molecule has 6 heteroatoms. The number of anilines is 1. The highest BCUT2D eigenvalue weighted by Gasteiger charge is 2.11. The first-order valence-corrected chi connectivity index (χ1v) is 6.73. The zero-order chi connectivity index (χ0) is 14.4. The molecule has 4 N–H and O–H groups in total. The minimum Gasteiger partial charge on any atom is -0.399 e. The normalized spacial score (nSPS) is 10.4. The summed E-state index contributed by atoms with van der Waals surface area (Å²) in [6, 6.07) is 7.61. The summed E-state index contributed by atoms with van der Waals surface area (Å²) in [4.78, 5) is 16.0. The van der Waals surface area contributed by atoms with Gasteiger partial charge in [0.15, 0.2) is 0 Å². The van der Waals surface area contributed by atoms with Gasteiger partial charge in [-0.05, 0) is 30.5 Å². The van der Waals surface area contributed by atoms with Crippen molar-refractivity contribution >= 4 is 11.6 Å². The van der Waals surface area contributed by atoms with E-state index in [1.165, 1.54) is 0 Å². The van der Waals surface area contributed by atoms with Crippen LogP contribution in [0.2, 0.25) is 0 Å². The number of carbonyl (C=O) groups is 1. The molecule has 2 aromatic rings. The van der Waals surface area contributed by atoms with Crippen LogP contribution < -0.4 is 11.1 Å². The van der Waals surface area contributed by atoms with E-state index in [4.69, 9.17) is 5.73 Å².